The van der Waals surface area contributed by atoms with Gasteiger partial charge in [-0.1, -0.05) is 129 Å². The SMILES string of the molecule is CCCCCCCC/C=C\CCCCCCCC(=O)O[C@H](COC(=O)CCCCCCCCCCC)COP(=O)(O)OCC[N+](C)(C)C. The van der Waals surface area contributed by atoms with Crippen LogP contribution in [0.25, 0.3) is 0 Å². The quantitative estimate of drug-likeness (QED) is 0.0228. The molecule has 0 aromatic carbocycles. The van der Waals surface area contributed by atoms with Crippen LogP contribution in [0.5, 0.6) is 0 Å². The first kappa shape index (κ1) is 46.8. The molecule has 0 saturated carbocycles. The number of quaternary nitrogens is 1. The van der Waals surface area contributed by atoms with Gasteiger partial charge >= 0.3 is 19.8 Å². The Kier molecular flexibility index (Phi) is 30.9. The molecule has 2 atom stereocenters. The second kappa shape index (κ2) is 31.7. The number of phosphoric ester groups is 1. The molecule has 0 rings (SSSR count). The number of hydrogen-bond acceptors (Lipinski definition) is 7. The summed E-state index contributed by atoms with van der Waals surface area (Å²) in [7, 11) is 1.48. The lowest BCUT2D eigenvalue weighted by Crippen LogP contribution is -2.37. The zero-order valence-corrected chi connectivity index (χ0v) is 32.6. The molecule has 0 aliphatic rings. The third kappa shape index (κ3) is 34.6. The van der Waals surface area contributed by atoms with E-state index >= 15 is 0 Å². The van der Waals surface area contributed by atoms with E-state index in [1.54, 1.807) is 0 Å². The topological polar surface area (TPSA) is 108 Å². The Morgan fingerprint density at radius 2 is 1.06 bits per heavy atom. The van der Waals surface area contributed by atoms with Crippen molar-refractivity contribution in [2.24, 2.45) is 0 Å². The highest BCUT2D eigenvalue weighted by Crippen LogP contribution is 2.43. The van der Waals surface area contributed by atoms with Crippen molar-refractivity contribution in [1.29, 1.82) is 0 Å². The Bertz CT molecular complexity index is 845. The minimum absolute atomic E-state index is 0.0327. The van der Waals surface area contributed by atoms with Gasteiger partial charge in [0.2, 0.25) is 0 Å². The normalized spacial score (nSPS) is 13.9. The molecule has 0 aliphatic heterocycles. The van der Waals surface area contributed by atoms with E-state index in [0.717, 1.165) is 51.4 Å². The van der Waals surface area contributed by atoms with Crippen LogP contribution in [-0.4, -0.2) is 74.9 Å². The van der Waals surface area contributed by atoms with Gasteiger partial charge in [-0.15, -0.1) is 0 Å². The summed E-state index contributed by atoms with van der Waals surface area (Å²) in [4.78, 5) is 35.1. The molecule has 0 saturated heterocycles. The summed E-state index contributed by atoms with van der Waals surface area (Å²) >= 11 is 0. The lowest BCUT2D eigenvalue weighted by Gasteiger charge is -2.24. The first-order chi connectivity index (χ1) is 23.0. The van der Waals surface area contributed by atoms with Gasteiger partial charge in [-0.05, 0) is 38.5 Å². The van der Waals surface area contributed by atoms with E-state index < -0.39 is 26.5 Å². The standard InChI is InChI=1S/C38H74NO8P/c1-6-8-10-12-14-16-17-18-19-20-21-23-25-27-29-31-38(41)47-36(35-46-48(42,43)45-33-32-39(3,4)5)34-44-37(40)30-28-26-24-22-15-13-11-9-7-2/h18-19,36H,6-17,20-35H2,1-5H3/p+1/b19-18-/t36-/m1/s1. The van der Waals surface area contributed by atoms with Gasteiger partial charge in [0.05, 0.1) is 27.7 Å². The van der Waals surface area contributed by atoms with Crippen molar-refractivity contribution in [2.45, 2.75) is 174 Å². The Morgan fingerprint density at radius 1 is 0.625 bits per heavy atom. The maximum Gasteiger partial charge on any atom is 0.472 e. The summed E-state index contributed by atoms with van der Waals surface area (Å²) in [6.07, 6.45) is 29.7. The average molecular weight is 705 g/mol. The maximum atomic E-state index is 12.6. The molecule has 0 aromatic heterocycles. The van der Waals surface area contributed by atoms with Gasteiger partial charge in [0.1, 0.15) is 19.8 Å². The van der Waals surface area contributed by atoms with Gasteiger partial charge in [-0.25, -0.2) is 4.57 Å². The fourth-order valence-corrected chi connectivity index (χ4v) is 5.93. The number of unbranched alkanes of at least 4 members (excludes halogenated alkanes) is 19. The van der Waals surface area contributed by atoms with E-state index in [1.165, 1.54) is 83.5 Å². The van der Waals surface area contributed by atoms with Crippen LogP contribution in [0, 0.1) is 0 Å². The molecule has 0 radical (unpaired) electrons. The van der Waals surface area contributed by atoms with Crippen LogP contribution >= 0.6 is 7.82 Å². The number of esters is 2. The molecule has 0 bridgehead atoms. The molecule has 9 nitrogen and oxygen atoms in total. The van der Waals surface area contributed by atoms with Gasteiger partial charge in [0.25, 0.3) is 0 Å². The second-order valence-electron chi connectivity index (χ2n) is 14.3. The van der Waals surface area contributed by atoms with Crippen LogP contribution in [-0.2, 0) is 32.7 Å². The number of carbonyl (C=O) groups excluding carboxylic acids is 2. The fraction of sp³-hybridized carbons (Fsp3) is 0.895. The highest BCUT2D eigenvalue weighted by Gasteiger charge is 2.27. The molecule has 10 heteroatoms. The number of likely N-dealkylation sites (N-methyl/N-ethyl adjacent to an activating group) is 1. The zero-order valence-electron chi connectivity index (χ0n) is 31.7. The van der Waals surface area contributed by atoms with E-state index in [0.29, 0.717) is 23.9 Å². The van der Waals surface area contributed by atoms with Gasteiger partial charge in [0.15, 0.2) is 6.10 Å². The van der Waals surface area contributed by atoms with Crippen molar-refractivity contribution < 1.29 is 42.1 Å². The summed E-state index contributed by atoms with van der Waals surface area (Å²) < 4.78 is 34.1. The molecule has 1 N–H and O–H groups in total. The van der Waals surface area contributed by atoms with Crippen LogP contribution in [0.3, 0.4) is 0 Å². The van der Waals surface area contributed by atoms with Crippen molar-refractivity contribution in [3.8, 4) is 0 Å². The van der Waals surface area contributed by atoms with Gasteiger partial charge < -0.3 is 18.9 Å². The summed E-state index contributed by atoms with van der Waals surface area (Å²) in [6, 6.07) is 0. The molecule has 0 spiro atoms. The Balaban J connectivity index is 4.42. The highest BCUT2D eigenvalue weighted by molar-refractivity contribution is 7.47. The number of ether oxygens (including phenoxy) is 2. The highest BCUT2D eigenvalue weighted by atomic mass is 31.2. The van der Waals surface area contributed by atoms with Crippen molar-refractivity contribution in [3.05, 3.63) is 12.2 Å². The number of nitrogens with zero attached hydrogens (tertiary/aromatic N) is 1. The van der Waals surface area contributed by atoms with Crippen LogP contribution in [0.15, 0.2) is 12.2 Å². The minimum atomic E-state index is -4.36. The van der Waals surface area contributed by atoms with Crippen molar-refractivity contribution in [2.75, 3.05) is 47.5 Å². The fourth-order valence-electron chi connectivity index (χ4n) is 5.18. The predicted octanol–water partition coefficient (Wildman–Crippen LogP) is 10.2. The molecule has 0 amide bonds. The summed E-state index contributed by atoms with van der Waals surface area (Å²) in [5.74, 6) is -0.808. The van der Waals surface area contributed by atoms with Gasteiger partial charge in [-0.2, -0.15) is 0 Å². The van der Waals surface area contributed by atoms with Gasteiger partial charge in [-0.3, -0.25) is 18.6 Å². The smallest absolute Gasteiger partial charge is 0.462 e. The first-order valence-electron chi connectivity index (χ1n) is 19.4. The maximum absolute atomic E-state index is 12.6. The Labute approximate surface area is 295 Å². The van der Waals surface area contributed by atoms with Crippen molar-refractivity contribution in [3.63, 3.8) is 0 Å². The van der Waals surface area contributed by atoms with E-state index in [9.17, 15) is 19.0 Å². The molecule has 1 unspecified atom stereocenters. The average Bonchev–Trinajstić information content (AvgIpc) is 3.02. The second-order valence-corrected chi connectivity index (χ2v) is 15.8. The van der Waals surface area contributed by atoms with E-state index in [1.807, 2.05) is 21.1 Å². The number of hydrogen-bond donors (Lipinski definition) is 1. The Morgan fingerprint density at radius 3 is 1.54 bits per heavy atom. The summed E-state index contributed by atoms with van der Waals surface area (Å²) in [5.41, 5.74) is 0. The van der Waals surface area contributed by atoms with E-state index in [2.05, 4.69) is 26.0 Å². The first-order valence-corrected chi connectivity index (χ1v) is 20.9. The summed E-state index contributed by atoms with van der Waals surface area (Å²) in [6.45, 7) is 4.38. The Hall–Kier alpha value is -1.25. The van der Waals surface area contributed by atoms with Crippen molar-refractivity contribution in [1.82, 2.24) is 0 Å². The number of phosphoric acid groups is 1. The largest absolute Gasteiger partial charge is 0.472 e. The minimum Gasteiger partial charge on any atom is -0.462 e. The lowest BCUT2D eigenvalue weighted by atomic mass is 10.1. The molecular formula is C38H75NO8P+. The van der Waals surface area contributed by atoms with Crippen LogP contribution in [0.1, 0.15) is 168 Å². The third-order valence-corrected chi connectivity index (χ3v) is 9.28. The monoisotopic (exact) mass is 705 g/mol. The predicted molar refractivity (Wildman–Crippen MR) is 197 cm³/mol. The molecular weight excluding hydrogens is 629 g/mol. The van der Waals surface area contributed by atoms with E-state index in [-0.39, 0.29) is 25.6 Å². The molecule has 284 valence electrons. The number of rotatable bonds is 35. The zero-order chi connectivity index (χ0) is 35.8. The van der Waals surface area contributed by atoms with E-state index in [4.69, 9.17) is 18.5 Å². The third-order valence-electron chi connectivity index (χ3n) is 8.30. The van der Waals surface area contributed by atoms with Crippen LogP contribution < -0.4 is 0 Å². The molecule has 0 fully saturated rings. The molecule has 48 heavy (non-hydrogen) atoms. The molecule has 0 heterocycles. The number of carbonyl (C=O) groups is 2. The molecule has 0 aliphatic carbocycles. The summed E-state index contributed by atoms with van der Waals surface area (Å²) in [5, 5.41) is 0. The van der Waals surface area contributed by atoms with Crippen LogP contribution in [0.2, 0.25) is 0 Å². The number of allylic oxidation sites excluding steroid dienone is 2. The van der Waals surface area contributed by atoms with Crippen molar-refractivity contribution >= 4 is 19.8 Å². The van der Waals surface area contributed by atoms with Gasteiger partial charge in [0, 0.05) is 12.8 Å². The molecule has 0 aromatic rings. The van der Waals surface area contributed by atoms with Crippen LogP contribution in [0.4, 0.5) is 0 Å². The lowest BCUT2D eigenvalue weighted by molar-refractivity contribution is -0.870.